The number of esters is 1. The fourth-order valence-electron chi connectivity index (χ4n) is 4.08. The van der Waals surface area contributed by atoms with Crippen LogP contribution in [0.1, 0.15) is 61.8 Å². The van der Waals surface area contributed by atoms with Gasteiger partial charge < -0.3 is 10.1 Å². The first-order chi connectivity index (χ1) is 13.9. The lowest BCUT2D eigenvalue weighted by Gasteiger charge is -2.27. The molecule has 0 heterocycles. The summed E-state index contributed by atoms with van der Waals surface area (Å²) in [5.74, 6) is -0.606. The second kappa shape index (κ2) is 9.45. The van der Waals surface area contributed by atoms with Crippen LogP contribution in [-0.2, 0) is 19.7 Å². The highest BCUT2D eigenvalue weighted by Gasteiger charge is 2.44. The molecule has 0 aromatic heterocycles. The summed E-state index contributed by atoms with van der Waals surface area (Å²) in [5.41, 5.74) is 2.46. The maximum absolute atomic E-state index is 13.0. The van der Waals surface area contributed by atoms with Gasteiger partial charge >= 0.3 is 5.97 Å². The molecule has 0 saturated heterocycles. The van der Waals surface area contributed by atoms with Crippen molar-refractivity contribution in [3.8, 4) is 0 Å². The highest BCUT2D eigenvalue weighted by molar-refractivity contribution is 6.30. The summed E-state index contributed by atoms with van der Waals surface area (Å²) in [5, 5.41) is 3.61. The van der Waals surface area contributed by atoms with Crippen molar-refractivity contribution in [1.29, 1.82) is 0 Å². The number of halogens is 1. The van der Waals surface area contributed by atoms with E-state index in [0.717, 1.165) is 43.2 Å². The molecule has 1 aliphatic carbocycles. The zero-order valence-corrected chi connectivity index (χ0v) is 17.8. The summed E-state index contributed by atoms with van der Waals surface area (Å²) < 4.78 is 5.49. The van der Waals surface area contributed by atoms with Crippen LogP contribution < -0.4 is 5.32 Å². The molecule has 2 aromatic rings. The number of aryl methyl sites for hydroxylation is 1. The van der Waals surface area contributed by atoms with Crippen molar-refractivity contribution in [3.05, 3.63) is 70.2 Å². The molecule has 29 heavy (non-hydrogen) atoms. The normalized spacial score (nSPS) is 16.2. The first-order valence-corrected chi connectivity index (χ1v) is 10.6. The summed E-state index contributed by atoms with van der Waals surface area (Å²) >= 11 is 6.00. The van der Waals surface area contributed by atoms with E-state index in [1.807, 2.05) is 50.2 Å². The second-order valence-corrected chi connectivity index (χ2v) is 8.25. The molecule has 0 aliphatic heterocycles. The quantitative estimate of drug-likeness (QED) is 0.629. The average molecular weight is 414 g/mol. The fraction of sp³-hybridized carbons (Fsp3) is 0.417. The Morgan fingerprint density at radius 2 is 1.69 bits per heavy atom. The Bertz CT molecular complexity index is 839. The van der Waals surface area contributed by atoms with E-state index in [4.69, 9.17) is 16.3 Å². The van der Waals surface area contributed by atoms with E-state index in [1.165, 1.54) is 5.56 Å². The molecule has 0 unspecified atom stereocenters. The van der Waals surface area contributed by atoms with Crippen molar-refractivity contribution in [2.24, 2.45) is 0 Å². The lowest BCUT2D eigenvalue weighted by molar-refractivity contribution is -0.154. The maximum atomic E-state index is 13.0. The first-order valence-electron chi connectivity index (χ1n) is 10.2. The van der Waals surface area contributed by atoms with Crippen LogP contribution >= 0.6 is 11.6 Å². The van der Waals surface area contributed by atoms with Crippen LogP contribution in [0.5, 0.6) is 0 Å². The van der Waals surface area contributed by atoms with Gasteiger partial charge in [-0.3, -0.25) is 9.59 Å². The second-order valence-electron chi connectivity index (χ2n) is 7.81. The van der Waals surface area contributed by atoms with Crippen molar-refractivity contribution in [2.45, 2.75) is 57.4 Å². The molecule has 154 valence electrons. The third-order valence-electron chi connectivity index (χ3n) is 5.80. The molecule has 1 saturated carbocycles. The van der Waals surface area contributed by atoms with Crippen LogP contribution in [0.15, 0.2) is 48.5 Å². The highest BCUT2D eigenvalue weighted by atomic mass is 35.5. The number of hydrogen-bond donors (Lipinski definition) is 1. The summed E-state index contributed by atoms with van der Waals surface area (Å²) in [7, 11) is 0. The van der Waals surface area contributed by atoms with Crippen LogP contribution in [-0.4, -0.2) is 18.5 Å². The number of benzene rings is 2. The topological polar surface area (TPSA) is 55.4 Å². The van der Waals surface area contributed by atoms with E-state index in [1.54, 1.807) is 12.1 Å². The van der Waals surface area contributed by atoms with Crippen molar-refractivity contribution in [3.63, 3.8) is 0 Å². The van der Waals surface area contributed by atoms with Gasteiger partial charge in [0.15, 0.2) is 6.61 Å². The first kappa shape index (κ1) is 21.4. The minimum atomic E-state index is -0.675. The van der Waals surface area contributed by atoms with E-state index in [-0.39, 0.29) is 24.5 Å². The Kier molecular flexibility index (Phi) is 6.96. The lowest BCUT2D eigenvalue weighted by atomic mass is 9.79. The van der Waals surface area contributed by atoms with E-state index < -0.39 is 5.41 Å². The molecule has 0 radical (unpaired) electrons. The van der Waals surface area contributed by atoms with Crippen LogP contribution in [0, 0.1) is 6.92 Å². The van der Waals surface area contributed by atoms with Gasteiger partial charge in [0.2, 0.25) is 0 Å². The highest BCUT2D eigenvalue weighted by Crippen LogP contribution is 2.42. The molecule has 3 rings (SSSR count). The predicted molar refractivity (Wildman–Crippen MR) is 115 cm³/mol. The van der Waals surface area contributed by atoms with Gasteiger partial charge in [0.1, 0.15) is 0 Å². The van der Waals surface area contributed by atoms with Crippen molar-refractivity contribution < 1.29 is 14.3 Å². The molecule has 4 nitrogen and oxygen atoms in total. The Morgan fingerprint density at radius 1 is 1.07 bits per heavy atom. The zero-order chi connectivity index (χ0) is 20.9. The van der Waals surface area contributed by atoms with Gasteiger partial charge in [-0.1, -0.05) is 73.3 Å². The number of rotatable bonds is 7. The monoisotopic (exact) mass is 413 g/mol. The van der Waals surface area contributed by atoms with Crippen LogP contribution in [0.2, 0.25) is 5.02 Å². The molecule has 0 spiro atoms. The number of nitrogens with one attached hydrogen (secondary N) is 1. The van der Waals surface area contributed by atoms with Gasteiger partial charge in [0, 0.05) is 5.02 Å². The maximum Gasteiger partial charge on any atom is 0.317 e. The average Bonchev–Trinajstić information content (AvgIpc) is 3.22. The smallest absolute Gasteiger partial charge is 0.317 e. The fourth-order valence-corrected chi connectivity index (χ4v) is 4.21. The van der Waals surface area contributed by atoms with Gasteiger partial charge in [-0.05, 0) is 49.4 Å². The molecule has 1 atom stereocenters. The number of hydrogen-bond acceptors (Lipinski definition) is 3. The standard InChI is InChI=1S/C24H28ClNO3/c1-3-21(18-8-6-17(2)7-9-18)26-22(27)16-29-23(28)24(14-4-5-15-24)19-10-12-20(25)13-11-19/h6-13,21H,3-5,14-16H2,1-2H3,(H,26,27)/t21-/m1/s1. The van der Waals surface area contributed by atoms with Crippen molar-refractivity contribution in [2.75, 3.05) is 6.61 Å². The van der Waals surface area contributed by atoms with Crippen LogP contribution in [0.25, 0.3) is 0 Å². The Labute approximate surface area is 177 Å². The summed E-state index contributed by atoms with van der Waals surface area (Å²) in [6, 6.07) is 15.4. The molecular formula is C24H28ClNO3. The Morgan fingerprint density at radius 3 is 2.28 bits per heavy atom. The Balaban J connectivity index is 1.63. The van der Waals surface area contributed by atoms with E-state index >= 15 is 0 Å². The molecular weight excluding hydrogens is 386 g/mol. The number of ether oxygens (including phenoxy) is 1. The van der Waals surface area contributed by atoms with Gasteiger partial charge in [0.25, 0.3) is 5.91 Å². The minimum Gasteiger partial charge on any atom is -0.455 e. The Hall–Kier alpha value is -2.33. The van der Waals surface area contributed by atoms with Gasteiger partial charge in [-0.15, -0.1) is 0 Å². The van der Waals surface area contributed by atoms with Crippen molar-refractivity contribution in [1.82, 2.24) is 5.32 Å². The summed E-state index contributed by atoms with van der Waals surface area (Å²) in [4.78, 5) is 25.4. The molecule has 1 N–H and O–H groups in total. The SMILES string of the molecule is CC[C@@H](NC(=O)COC(=O)C1(c2ccc(Cl)cc2)CCCC1)c1ccc(C)cc1. The third kappa shape index (κ3) is 4.99. The minimum absolute atomic E-state index is 0.0986. The largest absolute Gasteiger partial charge is 0.455 e. The molecule has 1 amide bonds. The summed E-state index contributed by atoms with van der Waals surface area (Å²) in [6.45, 7) is 3.78. The molecule has 0 bridgehead atoms. The van der Waals surface area contributed by atoms with E-state index in [2.05, 4.69) is 5.32 Å². The van der Waals surface area contributed by atoms with Gasteiger partial charge in [-0.2, -0.15) is 0 Å². The van der Waals surface area contributed by atoms with Crippen LogP contribution in [0.4, 0.5) is 0 Å². The van der Waals surface area contributed by atoms with Gasteiger partial charge in [0.05, 0.1) is 11.5 Å². The third-order valence-corrected chi connectivity index (χ3v) is 6.05. The van der Waals surface area contributed by atoms with Crippen LogP contribution in [0.3, 0.4) is 0 Å². The predicted octanol–water partition coefficient (Wildman–Crippen LogP) is 5.27. The molecule has 2 aromatic carbocycles. The number of carbonyl (C=O) groups excluding carboxylic acids is 2. The molecule has 1 fully saturated rings. The molecule has 1 aliphatic rings. The van der Waals surface area contributed by atoms with Gasteiger partial charge in [-0.25, -0.2) is 0 Å². The van der Waals surface area contributed by atoms with Crippen molar-refractivity contribution >= 4 is 23.5 Å². The van der Waals surface area contributed by atoms with E-state index in [0.29, 0.717) is 5.02 Å². The zero-order valence-electron chi connectivity index (χ0n) is 17.0. The van der Waals surface area contributed by atoms with E-state index in [9.17, 15) is 9.59 Å². The molecule has 5 heteroatoms. The lowest BCUT2D eigenvalue weighted by Crippen LogP contribution is -2.38. The number of carbonyl (C=O) groups is 2. The number of amides is 1. The summed E-state index contributed by atoms with van der Waals surface area (Å²) in [6.07, 6.45) is 4.16.